The van der Waals surface area contributed by atoms with Gasteiger partial charge in [-0.1, -0.05) is 69.4 Å². The summed E-state index contributed by atoms with van der Waals surface area (Å²) in [5, 5.41) is 0.219. The average molecular weight is 443 g/mol. The largest absolute Gasteiger partial charge is 0.544 e. The molecule has 1 atom stereocenters. The highest BCUT2D eigenvalue weighted by Gasteiger charge is 2.38. The first-order valence-corrected chi connectivity index (χ1v) is 14.7. The maximum Gasteiger partial charge on any atom is 0.250 e. The second kappa shape index (κ2) is 13.0. The van der Waals surface area contributed by atoms with Crippen LogP contribution >= 0.6 is 0 Å². The molecular formula is C27H42O3Si. The number of rotatable bonds is 11. The van der Waals surface area contributed by atoms with Crippen LogP contribution in [0.4, 0.5) is 0 Å². The van der Waals surface area contributed by atoms with E-state index >= 15 is 0 Å². The Morgan fingerprint density at radius 1 is 0.968 bits per heavy atom. The molecule has 0 bridgehead atoms. The molecule has 1 fully saturated rings. The van der Waals surface area contributed by atoms with Crippen LogP contribution in [-0.2, 0) is 15.9 Å². The highest BCUT2D eigenvalue weighted by molar-refractivity contribution is 6.74. The topological polar surface area (TPSA) is 27.7 Å². The predicted molar refractivity (Wildman–Crippen MR) is 134 cm³/mol. The van der Waals surface area contributed by atoms with Gasteiger partial charge in [-0.25, -0.2) is 0 Å². The highest BCUT2D eigenvalue weighted by Crippen LogP contribution is 2.37. The van der Waals surface area contributed by atoms with E-state index in [-0.39, 0.29) is 11.3 Å². The van der Waals surface area contributed by atoms with Crippen molar-refractivity contribution in [1.29, 1.82) is 0 Å². The molecule has 1 aromatic carbocycles. The third-order valence-electron chi connectivity index (χ3n) is 6.03. The van der Waals surface area contributed by atoms with Crippen molar-refractivity contribution in [3.05, 3.63) is 66.3 Å². The number of aryl methyl sites for hydroxylation is 1. The van der Waals surface area contributed by atoms with Crippen LogP contribution in [-0.4, -0.2) is 27.8 Å². The summed E-state index contributed by atoms with van der Waals surface area (Å²) in [6.45, 7) is 12.9. The van der Waals surface area contributed by atoms with Crippen LogP contribution in [0, 0.1) is 0 Å². The standard InChI is InChI=1S/C27H42O3Si/c1-27(2,3)31(4,5)30-25-20-18-24(19-21-25)16-12-10-8-6-7-9-11-14-22-28-26-17-13-15-23-29-26/h6-11,18-21,26H,12-17,22-23H2,1-5H3/b7-6+,10-8+,11-9+. The predicted octanol–water partition coefficient (Wildman–Crippen LogP) is 7.61. The molecule has 4 heteroatoms. The van der Waals surface area contributed by atoms with Gasteiger partial charge in [-0.15, -0.1) is 0 Å². The Hall–Kier alpha value is -1.62. The minimum absolute atomic E-state index is 0.0153. The highest BCUT2D eigenvalue weighted by atomic mass is 28.4. The molecule has 1 aliphatic heterocycles. The van der Waals surface area contributed by atoms with E-state index in [1.807, 2.05) is 0 Å². The fourth-order valence-corrected chi connectivity index (χ4v) is 4.04. The van der Waals surface area contributed by atoms with E-state index in [1.54, 1.807) is 0 Å². The van der Waals surface area contributed by atoms with Gasteiger partial charge in [0.25, 0.3) is 0 Å². The van der Waals surface area contributed by atoms with E-state index in [4.69, 9.17) is 13.9 Å². The van der Waals surface area contributed by atoms with Crippen molar-refractivity contribution < 1.29 is 13.9 Å². The van der Waals surface area contributed by atoms with Crippen molar-refractivity contribution in [2.24, 2.45) is 0 Å². The van der Waals surface area contributed by atoms with Crippen LogP contribution in [0.25, 0.3) is 0 Å². The maximum absolute atomic E-state index is 6.35. The smallest absolute Gasteiger partial charge is 0.250 e. The first kappa shape index (κ1) is 25.6. The number of hydrogen-bond donors (Lipinski definition) is 0. The van der Waals surface area contributed by atoms with Gasteiger partial charge in [-0.2, -0.15) is 0 Å². The first-order valence-electron chi connectivity index (χ1n) is 11.8. The molecule has 0 saturated carbocycles. The van der Waals surface area contributed by atoms with Crippen LogP contribution in [0.5, 0.6) is 5.75 Å². The molecule has 0 N–H and O–H groups in total. The third kappa shape index (κ3) is 10.0. The van der Waals surface area contributed by atoms with Gasteiger partial charge in [-0.3, -0.25) is 0 Å². The van der Waals surface area contributed by atoms with Crippen molar-refractivity contribution in [3.8, 4) is 5.75 Å². The van der Waals surface area contributed by atoms with E-state index in [1.165, 1.54) is 12.0 Å². The second-order valence-electron chi connectivity index (χ2n) is 9.74. The molecule has 0 aromatic heterocycles. The van der Waals surface area contributed by atoms with E-state index < -0.39 is 8.32 Å². The van der Waals surface area contributed by atoms with Crippen LogP contribution in [0.15, 0.2) is 60.7 Å². The lowest BCUT2D eigenvalue weighted by atomic mass is 10.1. The zero-order valence-corrected chi connectivity index (χ0v) is 21.2. The molecule has 0 aliphatic carbocycles. The lowest BCUT2D eigenvalue weighted by molar-refractivity contribution is -0.161. The summed E-state index contributed by atoms with van der Waals surface area (Å²) in [5.74, 6) is 0.997. The first-order chi connectivity index (χ1) is 14.8. The van der Waals surface area contributed by atoms with Gasteiger partial charge in [0.05, 0.1) is 6.61 Å². The molecule has 0 amide bonds. The summed E-state index contributed by atoms with van der Waals surface area (Å²) in [6.07, 6.45) is 19.1. The molecule has 1 aromatic rings. The van der Waals surface area contributed by atoms with Gasteiger partial charge in [0.1, 0.15) is 5.75 Å². The SMILES string of the molecule is CC(C)(C)[Si](C)(C)Oc1ccc(CC/C=C/C=C/C=C/CCOC2CCCCO2)cc1. The van der Waals surface area contributed by atoms with Gasteiger partial charge in [0.2, 0.25) is 8.32 Å². The molecule has 1 heterocycles. The lowest BCUT2D eigenvalue weighted by Crippen LogP contribution is -2.43. The van der Waals surface area contributed by atoms with Gasteiger partial charge < -0.3 is 13.9 Å². The Balaban J connectivity index is 1.59. The molecular weight excluding hydrogens is 400 g/mol. The van der Waals surface area contributed by atoms with Crippen LogP contribution < -0.4 is 4.43 Å². The minimum atomic E-state index is -1.76. The van der Waals surface area contributed by atoms with Crippen molar-refractivity contribution in [1.82, 2.24) is 0 Å². The van der Waals surface area contributed by atoms with Crippen molar-refractivity contribution >= 4 is 8.32 Å². The summed E-state index contributed by atoms with van der Waals surface area (Å²) in [5.41, 5.74) is 1.35. The van der Waals surface area contributed by atoms with E-state index in [0.717, 1.165) is 51.1 Å². The van der Waals surface area contributed by atoms with Crippen LogP contribution in [0.3, 0.4) is 0 Å². The molecule has 0 radical (unpaired) electrons. The summed E-state index contributed by atoms with van der Waals surface area (Å²) in [6, 6.07) is 8.62. The molecule has 0 spiro atoms. The van der Waals surface area contributed by atoms with Crippen LogP contribution in [0.1, 0.15) is 58.4 Å². The normalized spacial score (nSPS) is 18.4. The Kier molecular flexibility index (Phi) is 10.8. The van der Waals surface area contributed by atoms with Crippen molar-refractivity contribution in [3.63, 3.8) is 0 Å². The van der Waals surface area contributed by atoms with Gasteiger partial charge >= 0.3 is 0 Å². The van der Waals surface area contributed by atoms with E-state index in [2.05, 4.69) is 94.6 Å². The zero-order chi connectivity index (χ0) is 22.6. The molecule has 31 heavy (non-hydrogen) atoms. The van der Waals surface area contributed by atoms with E-state index in [0.29, 0.717) is 0 Å². The average Bonchev–Trinajstić information content (AvgIpc) is 2.73. The van der Waals surface area contributed by atoms with Gasteiger partial charge in [0, 0.05) is 6.61 Å². The quantitative estimate of drug-likeness (QED) is 0.200. The van der Waals surface area contributed by atoms with Gasteiger partial charge in [0.15, 0.2) is 6.29 Å². The summed E-state index contributed by atoms with van der Waals surface area (Å²) < 4.78 is 17.6. The maximum atomic E-state index is 6.35. The molecule has 3 nitrogen and oxygen atoms in total. The summed E-state index contributed by atoms with van der Waals surface area (Å²) in [7, 11) is -1.76. The molecule has 1 aliphatic rings. The van der Waals surface area contributed by atoms with Crippen molar-refractivity contribution in [2.75, 3.05) is 13.2 Å². The molecule has 1 saturated heterocycles. The van der Waals surface area contributed by atoms with Gasteiger partial charge in [-0.05, 0) is 74.4 Å². The summed E-state index contributed by atoms with van der Waals surface area (Å²) >= 11 is 0. The zero-order valence-electron chi connectivity index (χ0n) is 20.2. The summed E-state index contributed by atoms with van der Waals surface area (Å²) in [4.78, 5) is 0. The molecule has 2 rings (SSSR count). The Morgan fingerprint density at radius 3 is 2.26 bits per heavy atom. The van der Waals surface area contributed by atoms with E-state index in [9.17, 15) is 0 Å². The molecule has 172 valence electrons. The number of hydrogen-bond acceptors (Lipinski definition) is 3. The molecule has 1 unspecified atom stereocenters. The number of allylic oxidation sites excluding steroid dienone is 5. The third-order valence-corrected chi connectivity index (χ3v) is 10.4. The fraction of sp³-hybridized carbons (Fsp3) is 0.556. The van der Waals surface area contributed by atoms with Crippen molar-refractivity contribution in [2.45, 2.75) is 83.7 Å². The Labute approximate surface area is 191 Å². The second-order valence-corrected chi connectivity index (χ2v) is 14.5. The minimum Gasteiger partial charge on any atom is -0.544 e. The van der Waals surface area contributed by atoms with Crippen LogP contribution in [0.2, 0.25) is 18.1 Å². The monoisotopic (exact) mass is 442 g/mol. The lowest BCUT2D eigenvalue weighted by Gasteiger charge is -2.36. The Morgan fingerprint density at radius 2 is 1.65 bits per heavy atom. The Bertz CT molecular complexity index is 705. The number of benzene rings is 1. The fourth-order valence-electron chi connectivity index (χ4n) is 3.01. The number of ether oxygens (including phenoxy) is 2.